The van der Waals surface area contributed by atoms with E-state index in [2.05, 4.69) is 27.1 Å². The van der Waals surface area contributed by atoms with Gasteiger partial charge in [0.2, 0.25) is 5.71 Å². The number of rotatable bonds is 1. The Balaban J connectivity index is 1.96. The second-order valence-electron chi connectivity index (χ2n) is 5.37. The fourth-order valence-corrected chi connectivity index (χ4v) is 3.06. The van der Waals surface area contributed by atoms with E-state index in [1.165, 1.54) is 0 Å². The summed E-state index contributed by atoms with van der Waals surface area (Å²) in [5.74, 6) is 0. The fraction of sp³-hybridized carbons (Fsp3) is 0. The average molecular weight is 297 g/mol. The van der Waals surface area contributed by atoms with Crippen molar-refractivity contribution in [2.45, 2.75) is 0 Å². The molecule has 5 rings (SSSR count). The number of furan rings is 1. The second kappa shape index (κ2) is 4.61. The van der Waals surface area contributed by atoms with Crippen LogP contribution < -0.4 is 0 Å². The molecule has 23 heavy (non-hydrogen) atoms. The molecular weight excluding hydrogens is 286 g/mol. The number of para-hydroxylation sites is 1. The standard InChI is InChI=1S/C19H11N3O/c1-4-12-5-2-9-20-17(12)14(6-1)18-16-13-7-3-10-22-19(13)23-15(16)8-11-21-18/h1-11H. The van der Waals surface area contributed by atoms with Crippen molar-refractivity contribution >= 4 is 33.0 Å². The van der Waals surface area contributed by atoms with E-state index in [0.717, 1.165) is 38.5 Å². The van der Waals surface area contributed by atoms with E-state index in [-0.39, 0.29) is 0 Å². The highest BCUT2D eigenvalue weighted by molar-refractivity contribution is 6.12. The lowest BCUT2D eigenvalue weighted by Gasteiger charge is -2.06. The van der Waals surface area contributed by atoms with E-state index < -0.39 is 0 Å². The van der Waals surface area contributed by atoms with Gasteiger partial charge in [0.15, 0.2) is 0 Å². The van der Waals surface area contributed by atoms with E-state index >= 15 is 0 Å². The molecule has 4 nitrogen and oxygen atoms in total. The normalized spacial score (nSPS) is 11.5. The van der Waals surface area contributed by atoms with Gasteiger partial charge in [-0.25, -0.2) is 4.98 Å². The summed E-state index contributed by atoms with van der Waals surface area (Å²) in [7, 11) is 0. The van der Waals surface area contributed by atoms with Gasteiger partial charge in [-0.15, -0.1) is 0 Å². The van der Waals surface area contributed by atoms with Gasteiger partial charge in [0, 0.05) is 29.5 Å². The highest BCUT2D eigenvalue weighted by atomic mass is 16.3. The summed E-state index contributed by atoms with van der Waals surface area (Å²) < 4.78 is 5.86. The molecule has 4 heteroatoms. The molecule has 1 aromatic carbocycles. The van der Waals surface area contributed by atoms with Crippen LogP contribution in [-0.2, 0) is 0 Å². The van der Waals surface area contributed by atoms with Gasteiger partial charge in [-0.3, -0.25) is 9.97 Å². The largest absolute Gasteiger partial charge is 0.438 e. The number of nitrogens with zero attached hydrogens (tertiary/aromatic N) is 3. The van der Waals surface area contributed by atoms with Crippen LogP contribution in [-0.4, -0.2) is 15.0 Å². The second-order valence-corrected chi connectivity index (χ2v) is 5.37. The molecule has 0 atom stereocenters. The van der Waals surface area contributed by atoms with Crippen molar-refractivity contribution < 1.29 is 4.42 Å². The summed E-state index contributed by atoms with van der Waals surface area (Å²) in [5.41, 5.74) is 4.23. The maximum absolute atomic E-state index is 5.86. The van der Waals surface area contributed by atoms with Gasteiger partial charge in [-0.1, -0.05) is 24.3 Å². The molecule has 0 aliphatic heterocycles. The van der Waals surface area contributed by atoms with Crippen LogP contribution in [0.4, 0.5) is 0 Å². The Hall–Kier alpha value is -3.27. The molecule has 0 spiro atoms. The lowest BCUT2D eigenvalue weighted by Crippen LogP contribution is -1.88. The van der Waals surface area contributed by atoms with E-state index in [0.29, 0.717) is 5.71 Å². The zero-order chi connectivity index (χ0) is 15.2. The van der Waals surface area contributed by atoms with Crippen molar-refractivity contribution in [1.82, 2.24) is 15.0 Å². The van der Waals surface area contributed by atoms with Gasteiger partial charge in [0.25, 0.3) is 0 Å². The maximum atomic E-state index is 5.86. The lowest BCUT2D eigenvalue weighted by molar-refractivity contribution is 0.654. The molecule has 4 aromatic heterocycles. The molecule has 0 aliphatic carbocycles. The molecule has 0 aliphatic rings. The first-order valence-corrected chi connectivity index (χ1v) is 7.38. The molecule has 5 aromatic rings. The van der Waals surface area contributed by atoms with Crippen molar-refractivity contribution in [3.05, 3.63) is 67.1 Å². The minimum atomic E-state index is 0.630. The monoisotopic (exact) mass is 297 g/mol. The SMILES string of the molecule is c1cnc2c(-c3nccc4oc5ncccc5c34)cccc2c1. The predicted molar refractivity (Wildman–Crippen MR) is 90.0 cm³/mol. The summed E-state index contributed by atoms with van der Waals surface area (Å²) in [6.45, 7) is 0. The fourth-order valence-electron chi connectivity index (χ4n) is 3.06. The number of hydrogen-bond donors (Lipinski definition) is 0. The van der Waals surface area contributed by atoms with Crippen LogP contribution in [0, 0.1) is 0 Å². The number of pyridine rings is 3. The zero-order valence-electron chi connectivity index (χ0n) is 12.1. The first-order valence-electron chi connectivity index (χ1n) is 7.38. The van der Waals surface area contributed by atoms with Crippen LogP contribution in [0.15, 0.2) is 71.5 Å². The third kappa shape index (κ3) is 1.75. The lowest BCUT2D eigenvalue weighted by atomic mass is 10.0. The van der Waals surface area contributed by atoms with Crippen molar-refractivity contribution in [3.63, 3.8) is 0 Å². The molecule has 0 radical (unpaired) electrons. The minimum Gasteiger partial charge on any atom is -0.438 e. The highest BCUT2D eigenvalue weighted by Crippen LogP contribution is 2.36. The topological polar surface area (TPSA) is 51.8 Å². The van der Waals surface area contributed by atoms with E-state index in [4.69, 9.17) is 4.42 Å². The number of fused-ring (bicyclic) bond motifs is 4. The predicted octanol–water partition coefficient (Wildman–Crippen LogP) is 4.59. The summed E-state index contributed by atoms with van der Waals surface area (Å²) in [5, 5.41) is 3.04. The molecule has 0 unspecified atom stereocenters. The summed E-state index contributed by atoms with van der Waals surface area (Å²) in [4.78, 5) is 13.5. The third-order valence-corrected chi connectivity index (χ3v) is 4.05. The van der Waals surface area contributed by atoms with E-state index in [1.807, 2.05) is 36.4 Å². The van der Waals surface area contributed by atoms with Crippen LogP contribution >= 0.6 is 0 Å². The Morgan fingerprint density at radius 1 is 0.739 bits per heavy atom. The Morgan fingerprint density at radius 2 is 1.61 bits per heavy atom. The molecule has 4 heterocycles. The summed E-state index contributed by atoms with van der Waals surface area (Å²) in [6.07, 6.45) is 5.31. The molecule has 0 saturated carbocycles. The Kier molecular flexibility index (Phi) is 2.46. The van der Waals surface area contributed by atoms with Crippen LogP contribution in [0.2, 0.25) is 0 Å². The molecule has 0 fully saturated rings. The number of benzene rings is 1. The molecule has 0 saturated heterocycles. The quantitative estimate of drug-likeness (QED) is 0.454. The number of aromatic nitrogens is 3. The van der Waals surface area contributed by atoms with Crippen molar-refractivity contribution in [2.75, 3.05) is 0 Å². The van der Waals surface area contributed by atoms with Gasteiger partial charge < -0.3 is 4.42 Å². The van der Waals surface area contributed by atoms with Gasteiger partial charge in [0.05, 0.1) is 22.0 Å². The molecule has 0 bridgehead atoms. The minimum absolute atomic E-state index is 0.630. The van der Waals surface area contributed by atoms with Gasteiger partial charge in [-0.05, 0) is 24.3 Å². The van der Waals surface area contributed by atoms with Crippen LogP contribution in [0.5, 0.6) is 0 Å². The first kappa shape index (κ1) is 12.3. The van der Waals surface area contributed by atoms with Crippen LogP contribution in [0.25, 0.3) is 44.2 Å². The van der Waals surface area contributed by atoms with Gasteiger partial charge >= 0.3 is 0 Å². The summed E-state index contributed by atoms with van der Waals surface area (Å²) >= 11 is 0. The first-order chi connectivity index (χ1) is 11.4. The van der Waals surface area contributed by atoms with E-state index in [1.54, 1.807) is 18.6 Å². The van der Waals surface area contributed by atoms with Crippen LogP contribution in [0.1, 0.15) is 0 Å². The molecular formula is C19H11N3O. The molecule has 108 valence electrons. The molecule has 0 amide bonds. The summed E-state index contributed by atoms with van der Waals surface area (Å²) in [6, 6.07) is 15.9. The Morgan fingerprint density at radius 3 is 2.61 bits per heavy atom. The number of hydrogen-bond acceptors (Lipinski definition) is 4. The van der Waals surface area contributed by atoms with Crippen molar-refractivity contribution in [2.24, 2.45) is 0 Å². The van der Waals surface area contributed by atoms with Gasteiger partial charge in [-0.2, -0.15) is 0 Å². The zero-order valence-corrected chi connectivity index (χ0v) is 12.1. The van der Waals surface area contributed by atoms with E-state index in [9.17, 15) is 0 Å². The smallest absolute Gasteiger partial charge is 0.227 e. The molecule has 0 N–H and O–H groups in total. The highest BCUT2D eigenvalue weighted by Gasteiger charge is 2.15. The van der Waals surface area contributed by atoms with Gasteiger partial charge in [0.1, 0.15) is 5.58 Å². The Bertz CT molecular complexity index is 1170. The van der Waals surface area contributed by atoms with Crippen LogP contribution in [0.3, 0.4) is 0 Å². The van der Waals surface area contributed by atoms with Crippen molar-refractivity contribution in [1.29, 1.82) is 0 Å². The van der Waals surface area contributed by atoms with Crippen molar-refractivity contribution in [3.8, 4) is 11.3 Å². The third-order valence-electron chi connectivity index (χ3n) is 4.05. The Labute approximate surface area is 131 Å². The average Bonchev–Trinajstić information content (AvgIpc) is 3.00. The maximum Gasteiger partial charge on any atom is 0.227 e.